The molecule has 0 aliphatic heterocycles. The van der Waals surface area contributed by atoms with Gasteiger partial charge in [0.25, 0.3) is 5.91 Å². The van der Waals surface area contributed by atoms with Crippen LogP contribution in [-0.4, -0.2) is 43.4 Å². The van der Waals surface area contributed by atoms with E-state index in [0.29, 0.717) is 12.4 Å². The number of carbonyl (C=O) groups excluding carboxylic acids is 2. The van der Waals surface area contributed by atoms with E-state index in [1.54, 1.807) is 32.9 Å². The Hall–Kier alpha value is -3.06. The number of hydrogen-bond acceptors (Lipinski definition) is 5. The summed E-state index contributed by atoms with van der Waals surface area (Å²) < 4.78 is 11.1. The minimum Gasteiger partial charge on any atom is -0.489 e. The molecule has 7 heteroatoms. The van der Waals surface area contributed by atoms with E-state index in [9.17, 15) is 9.59 Å². The van der Waals surface area contributed by atoms with Crippen molar-refractivity contribution in [2.45, 2.75) is 38.9 Å². The molecule has 0 radical (unpaired) electrons. The van der Waals surface area contributed by atoms with Crippen LogP contribution in [0.5, 0.6) is 5.75 Å². The zero-order valence-electron chi connectivity index (χ0n) is 18.2. The SMILES string of the molecule is CON(C)C(=O)[C@H](CNC(=O)OC(C)(C)C)c1ccc(OCc2ccccc2)cc1. The molecule has 2 rings (SSSR count). The van der Waals surface area contributed by atoms with Crippen LogP contribution in [0.25, 0.3) is 0 Å². The molecule has 0 aliphatic rings. The number of hydrogen-bond donors (Lipinski definition) is 1. The highest BCUT2D eigenvalue weighted by molar-refractivity contribution is 5.83. The molecule has 0 bridgehead atoms. The number of benzene rings is 2. The van der Waals surface area contributed by atoms with Gasteiger partial charge in [0.15, 0.2) is 0 Å². The number of nitrogens with zero attached hydrogens (tertiary/aromatic N) is 1. The fourth-order valence-electron chi connectivity index (χ4n) is 2.69. The van der Waals surface area contributed by atoms with E-state index < -0.39 is 17.6 Å². The Morgan fingerprint density at radius 3 is 2.23 bits per heavy atom. The van der Waals surface area contributed by atoms with E-state index in [1.807, 2.05) is 42.5 Å². The highest BCUT2D eigenvalue weighted by Gasteiger charge is 2.26. The van der Waals surface area contributed by atoms with E-state index in [0.717, 1.165) is 16.2 Å². The zero-order chi connectivity index (χ0) is 22.1. The Labute approximate surface area is 177 Å². The Morgan fingerprint density at radius 2 is 1.67 bits per heavy atom. The predicted octanol–water partition coefficient (Wildman–Crippen LogP) is 3.89. The van der Waals surface area contributed by atoms with Crippen LogP contribution in [0.2, 0.25) is 0 Å². The summed E-state index contributed by atoms with van der Waals surface area (Å²) in [6.45, 7) is 5.87. The molecule has 0 aliphatic carbocycles. The fourth-order valence-corrected chi connectivity index (χ4v) is 2.69. The van der Waals surface area contributed by atoms with Crippen molar-refractivity contribution in [1.82, 2.24) is 10.4 Å². The lowest BCUT2D eigenvalue weighted by molar-refractivity contribution is -0.170. The van der Waals surface area contributed by atoms with Crippen molar-refractivity contribution in [2.24, 2.45) is 0 Å². The molecule has 0 saturated heterocycles. The first-order valence-electron chi connectivity index (χ1n) is 9.75. The van der Waals surface area contributed by atoms with Crippen molar-refractivity contribution in [3.8, 4) is 5.75 Å². The lowest BCUT2D eigenvalue weighted by Crippen LogP contribution is -2.40. The van der Waals surface area contributed by atoms with Crippen molar-refractivity contribution in [3.05, 3.63) is 65.7 Å². The number of rotatable bonds is 8. The molecule has 7 nitrogen and oxygen atoms in total. The summed E-state index contributed by atoms with van der Waals surface area (Å²) in [4.78, 5) is 29.8. The molecular weight excluding hydrogens is 384 g/mol. The maximum atomic E-state index is 12.7. The summed E-state index contributed by atoms with van der Waals surface area (Å²) in [5.74, 6) is -0.230. The predicted molar refractivity (Wildman–Crippen MR) is 114 cm³/mol. The molecule has 162 valence electrons. The van der Waals surface area contributed by atoms with Gasteiger partial charge >= 0.3 is 6.09 Å². The first-order chi connectivity index (χ1) is 14.2. The molecule has 0 unspecified atom stereocenters. The van der Waals surface area contributed by atoms with Crippen LogP contribution in [0.3, 0.4) is 0 Å². The number of ether oxygens (including phenoxy) is 2. The van der Waals surface area contributed by atoms with E-state index in [2.05, 4.69) is 5.32 Å². The number of hydroxylamine groups is 2. The van der Waals surface area contributed by atoms with Crippen LogP contribution in [0.15, 0.2) is 54.6 Å². The molecule has 2 aromatic carbocycles. The molecule has 0 saturated carbocycles. The summed E-state index contributed by atoms with van der Waals surface area (Å²) in [5.41, 5.74) is 1.18. The highest BCUT2D eigenvalue weighted by atomic mass is 16.7. The summed E-state index contributed by atoms with van der Waals surface area (Å²) in [6.07, 6.45) is -0.580. The third kappa shape index (κ3) is 7.40. The van der Waals surface area contributed by atoms with Gasteiger partial charge in [-0.25, -0.2) is 9.86 Å². The Morgan fingerprint density at radius 1 is 1.03 bits per heavy atom. The van der Waals surface area contributed by atoms with E-state index in [4.69, 9.17) is 14.3 Å². The normalized spacial score (nSPS) is 12.0. The van der Waals surface area contributed by atoms with Gasteiger partial charge in [0.1, 0.15) is 18.0 Å². The largest absolute Gasteiger partial charge is 0.489 e. The van der Waals surface area contributed by atoms with Gasteiger partial charge in [-0.3, -0.25) is 9.63 Å². The van der Waals surface area contributed by atoms with Crippen LogP contribution in [0.4, 0.5) is 4.79 Å². The van der Waals surface area contributed by atoms with Crippen LogP contribution < -0.4 is 10.1 Å². The van der Waals surface area contributed by atoms with Gasteiger partial charge in [-0.1, -0.05) is 42.5 Å². The molecule has 0 heterocycles. The summed E-state index contributed by atoms with van der Waals surface area (Å²) in [5, 5.41) is 3.80. The molecule has 1 atom stereocenters. The van der Waals surface area contributed by atoms with Gasteiger partial charge in [0, 0.05) is 13.6 Å². The quantitative estimate of drug-likeness (QED) is 0.663. The maximum Gasteiger partial charge on any atom is 0.407 e. The van der Waals surface area contributed by atoms with E-state index >= 15 is 0 Å². The van der Waals surface area contributed by atoms with Gasteiger partial charge < -0.3 is 14.8 Å². The lowest BCUT2D eigenvalue weighted by atomic mass is 9.98. The average Bonchev–Trinajstić information content (AvgIpc) is 2.72. The van der Waals surface area contributed by atoms with Crippen molar-refractivity contribution in [3.63, 3.8) is 0 Å². The molecule has 2 amide bonds. The molecular formula is C23H30N2O5. The molecule has 2 aromatic rings. The smallest absolute Gasteiger partial charge is 0.407 e. The molecule has 30 heavy (non-hydrogen) atoms. The number of alkyl carbamates (subject to hydrolysis) is 1. The summed E-state index contributed by atoms with van der Waals surface area (Å²) in [7, 11) is 2.94. The molecule has 0 spiro atoms. The van der Waals surface area contributed by atoms with Gasteiger partial charge in [0.2, 0.25) is 0 Å². The third-order valence-corrected chi connectivity index (χ3v) is 4.26. The molecule has 0 aromatic heterocycles. The first kappa shape index (κ1) is 23.2. The van der Waals surface area contributed by atoms with Crippen molar-refractivity contribution in [1.29, 1.82) is 0 Å². The maximum absolute atomic E-state index is 12.7. The second-order valence-electron chi connectivity index (χ2n) is 7.80. The topological polar surface area (TPSA) is 77.1 Å². The van der Waals surface area contributed by atoms with Gasteiger partial charge in [-0.15, -0.1) is 0 Å². The van der Waals surface area contributed by atoms with Crippen molar-refractivity contribution >= 4 is 12.0 Å². The molecule has 0 fully saturated rings. The number of amides is 2. The Bertz CT molecular complexity index is 816. The second kappa shape index (κ2) is 10.6. The number of likely N-dealkylation sites (N-methyl/N-ethyl adjacent to an activating group) is 1. The average molecular weight is 415 g/mol. The van der Waals surface area contributed by atoms with Crippen molar-refractivity contribution < 1.29 is 23.9 Å². The number of carbonyl (C=O) groups is 2. The van der Waals surface area contributed by atoms with E-state index in [1.165, 1.54) is 14.2 Å². The van der Waals surface area contributed by atoms with Crippen LogP contribution in [-0.2, 0) is 21.0 Å². The first-order valence-corrected chi connectivity index (χ1v) is 9.75. The monoisotopic (exact) mass is 414 g/mol. The zero-order valence-corrected chi connectivity index (χ0v) is 18.2. The second-order valence-corrected chi connectivity index (χ2v) is 7.80. The third-order valence-electron chi connectivity index (χ3n) is 4.26. The van der Waals surface area contributed by atoms with Gasteiger partial charge in [-0.2, -0.15) is 0 Å². The summed E-state index contributed by atoms with van der Waals surface area (Å²) >= 11 is 0. The van der Waals surface area contributed by atoms with Gasteiger partial charge in [-0.05, 0) is 44.0 Å². The minimum atomic E-state index is -0.634. The van der Waals surface area contributed by atoms with Crippen LogP contribution in [0, 0.1) is 0 Å². The number of nitrogens with one attached hydrogen (secondary N) is 1. The van der Waals surface area contributed by atoms with E-state index in [-0.39, 0.29) is 12.5 Å². The molecule has 1 N–H and O–H groups in total. The van der Waals surface area contributed by atoms with Crippen LogP contribution in [0.1, 0.15) is 37.8 Å². The Balaban J connectivity index is 2.07. The van der Waals surface area contributed by atoms with Crippen molar-refractivity contribution in [2.75, 3.05) is 20.7 Å². The standard InChI is InChI=1S/C23H30N2O5/c1-23(2,3)30-22(27)24-15-20(21(26)25(4)28-5)18-11-13-19(14-12-18)29-16-17-9-7-6-8-10-17/h6-14,20H,15-16H2,1-5H3,(H,24,27)/t20-/m1/s1. The minimum absolute atomic E-state index is 0.0751. The Kier molecular flexibility index (Phi) is 8.24. The lowest BCUT2D eigenvalue weighted by Gasteiger charge is -2.24. The van der Waals surface area contributed by atoms with Gasteiger partial charge in [0.05, 0.1) is 13.0 Å². The summed E-state index contributed by atoms with van der Waals surface area (Å²) in [6, 6.07) is 17.1. The van der Waals surface area contributed by atoms with Crippen LogP contribution >= 0.6 is 0 Å². The fraction of sp³-hybridized carbons (Fsp3) is 0.391. The highest BCUT2D eigenvalue weighted by Crippen LogP contribution is 2.22.